The molecular weight excluding hydrogens is 649 g/mol. The largest absolute Gasteiger partial charge is 0.512 e. The summed E-state index contributed by atoms with van der Waals surface area (Å²) >= 11 is 0. The number of aryl methyl sites for hydroxylation is 2. The minimum absolute atomic E-state index is 0. The van der Waals surface area contributed by atoms with Crippen molar-refractivity contribution < 1.29 is 38.8 Å². The van der Waals surface area contributed by atoms with E-state index in [4.69, 9.17) is 5.11 Å². The number of rotatable bonds is 3. The Morgan fingerprint density at radius 3 is 2.22 bits per heavy atom. The molecule has 37 heavy (non-hydrogen) atoms. The van der Waals surface area contributed by atoms with Gasteiger partial charge in [-0.05, 0) is 72.0 Å². The van der Waals surface area contributed by atoms with Crippen LogP contribution in [0.15, 0.2) is 78.7 Å². The molecule has 1 heterocycles. The molecule has 0 spiro atoms. The maximum atomic E-state index is 13.8. The number of aliphatic hydroxyl groups excluding tert-OH is 1. The number of benzene rings is 4. The first-order chi connectivity index (χ1) is 17.2. The van der Waals surface area contributed by atoms with Crippen LogP contribution in [0.3, 0.4) is 0 Å². The molecule has 0 aliphatic carbocycles. The minimum Gasteiger partial charge on any atom is -0.512 e. The summed E-state index contributed by atoms with van der Waals surface area (Å²) in [7, 11) is 0. The number of ketones is 1. The summed E-state index contributed by atoms with van der Waals surface area (Å²) < 4.78 is 27.5. The van der Waals surface area contributed by atoms with Crippen molar-refractivity contribution in [1.82, 2.24) is 4.98 Å². The summed E-state index contributed by atoms with van der Waals surface area (Å²) in [6.45, 7) is 7.08. The Labute approximate surface area is 228 Å². The maximum Gasteiger partial charge on any atom is 0.251 e. The molecule has 0 aliphatic rings. The third kappa shape index (κ3) is 5.93. The second-order valence-electron chi connectivity index (χ2n) is 8.80. The van der Waals surface area contributed by atoms with E-state index in [1.807, 2.05) is 24.3 Å². The van der Waals surface area contributed by atoms with Crippen molar-refractivity contribution in [2.24, 2.45) is 0 Å². The van der Waals surface area contributed by atoms with Gasteiger partial charge in [-0.25, -0.2) is 8.78 Å². The van der Waals surface area contributed by atoms with Gasteiger partial charge in [0.25, 0.3) is 6.43 Å². The number of alkyl halides is 2. The van der Waals surface area contributed by atoms with Gasteiger partial charge in [-0.15, -0.1) is 23.6 Å². The van der Waals surface area contributed by atoms with E-state index in [9.17, 15) is 13.6 Å². The van der Waals surface area contributed by atoms with E-state index >= 15 is 0 Å². The standard InChI is InChI=1S/C26H18F2N.C5H8O2.Ir/c1-15-7-8-21-19(16(15)2)9-10-23-22(21)11-12-29-25(23)18-13-17-5-3-4-6-20(17)24(14-18)26(27)28;1-4(6)3-5(2)7;/h3-12,14,26H,1-2H3;3,6H,1-2H3;/q-1;;/b;4-3-;. The van der Waals surface area contributed by atoms with Gasteiger partial charge < -0.3 is 5.11 Å². The van der Waals surface area contributed by atoms with Crippen LogP contribution >= 0.6 is 0 Å². The molecule has 1 aromatic heterocycles. The normalized spacial score (nSPS) is 11.4. The van der Waals surface area contributed by atoms with Crippen LogP contribution in [-0.2, 0) is 24.9 Å². The molecular formula is C31H26F2IrNO2-. The number of pyridine rings is 1. The number of aliphatic hydroxyl groups is 1. The third-order valence-electron chi connectivity index (χ3n) is 6.19. The van der Waals surface area contributed by atoms with Gasteiger partial charge in [0.2, 0.25) is 0 Å². The average Bonchev–Trinajstić information content (AvgIpc) is 2.84. The molecule has 5 aromatic rings. The predicted molar refractivity (Wildman–Crippen MR) is 143 cm³/mol. The van der Waals surface area contributed by atoms with Crippen LogP contribution in [0.2, 0.25) is 0 Å². The van der Waals surface area contributed by atoms with Crippen molar-refractivity contribution in [2.45, 2.75) is 34.1 Å². The zero-order valence-corrected chi connectivity index (χ0v) is 23.3. The van der Waals surface area contributed by atoms with Gasteiger partial charge in [-0.2, -0.15) is 0 Å². The molecule has 4 aromatic carbocycles. The molecule has 191 valence electrons. The van der Waals surface area contributed by atoms with E-state index in [0.29, 0.717) is 22.0 Å². The van der Waals surface area contributed by atoms with Gasteiger partial charge in [0, 0.05) is 38.1 Å². The predicted octanol–water partition coefficient (Wildman–Crippen LogP) is 8.60. The summed E-state index contributed by atoms with van der Waals surface area (Å²) in [5.74, 6) is -0.0625. The fourth-order valence-corrected chi connectivity index (χ4v) is 4.41. The Hall–Kier alpha value is -3.47. The Morgan fingerprint density at radius 2 is 1.57 bits per heavy atom. The Kier molecular flexibility index (Phi) is 8.90. The molecule has 0 bridgehead atoms. The van der Waals surface area contributed by atoms with Crippen LogP contribution in [0.5, 0.6) is 0 Å². The van der Waals surface area contributed by atoms with Crippen molar-refractivity contribution in [3.05, 3.63) is 101 Å². The Bertz CT molecular complexity index is 1640. The number of nitrogens with zero attached hydrogens (tertiary/aromatic N) is 1. The van der Waals surface area contributed by atoms with Crippen LogP contribution in [0.25, 0.3) is 43.6 Å². The Balaban J connectivity index is 0.000000422. The molecule has 3 nitrogen and oxygen atoms in total. The summed E-state index contributed by atoms with van der Waals surface area (Å²) in [4.78, 5) is 14.6. The second kappa shape index (κ2) is 11.7. The number of carbonyl (C=O) groups excluding carboxylic acids is 1. The SMILES string of the molecule is CC(=O)/C=C(/C)O.Cc1ccc2c(ccc3c(-c4[c-]c5ccccc5c(C(F)F)c4)nccc32)c1C.[Ir]. The number of fused-ring (bicyclic) bond motifs is 4. The number of allylic oxidation sites excluding steroid dienone is 2. The van der Waals surface area contributed by atoms with Gasteiger partial charge in [0.05, 0.1) is 5.76 Å². The Morgan fingerprint density at radius 1 is 0.919 bits per heavy atom. The molecule has 0 saturated heterocycles. The average molecular weight is 675 g/mol. The molecule has 0 fully saturated rings. The van der Waals surface area contributed by atoms with E-state index in [0.717, 1.165) is 16.2 Å². The first-order valence-corrected chi connectivity index (χ1v) is 11.6. The summed E-state index contributed by atoms with van der Waals surface area (Å²) in [5.41, 5.74) is 3.78. The van der Waals surface area contributed by atoms with Crippen LogP contribution in [0.4, 0.5) is 8.78 Å². The van der Waals surface area contributed by atoms with E-state index in [2.05, 4.69) is 43.1 Å². The fourth-order valence-electron chi connectivity index (χ4n) is 4.41. The molecule has 0 unspecified atom stereocenters. The summed E-state index contributed by atoms with van der Waals surface area (Å²) in [5, 5.41) is 13.9. The quantitative estimate of drug-likeness (QED) is 0.0903. The topological polar surface area (TPSA) is 50.2 Å². The van der Waals surface area contributed by atoms with Crippen LogP contribution in [-0.4, -0.2) is 15.9 Å². The molecule has 5 rings (SSSR count). The van der Waals surface area contributed by atoms with Gasteiger partial charge in [-0.1, -0.05) is 53.4 Å². The van der Waals surface area contributed by atoms with Crippen molar-refractivity contribution in [3.63, 3.8) is 0 Å². The number of hydrogen-bond acceptors (Lipinski definition) is 3. The molecule has 1 radical (unpaired) electrons. The van der Waals surface area contributed by atoms with Crippen LogP contribution in [0.1, 0.15) is 37.0 Å². The van der Waals surface area contributed by atoms with E-state index < -0.39 is 6.43 Å². The van der Waals surface area contributed by atoms with Gasteiger partial charge >= 0.3 is 0 Å². The maximum absolute atomic E-state index is 13.8. The molecule has 1 N–H and O–H groups in total. The van der Waals surface area contributed by atoms with Crippen molar-refractivity contribution >= 4 is 38.1 Å². The van der Waals surface area contributed by atoms with Gasteiger partial charge in [0.1, 0.15) is 0 Å². The zero-order valence-electron chi connectivity index (χ0n) is 20.9. The first-order valence-electron chi connectivity index (χ1n) is 11.6. The minimum atomic E-state index is -2.56. The first kappa shape index (κ1) is 28.1. The van der Waals surface area contributed by atoms with E-state index in [1.165, 1.54) is 42.5 Å². The summed E-state index contributed by atoms with van der Waals surface area (Å²) in [6, 6.07) is 22.3. The van der Waals surface area contributed by atoms with E-state index in [-0.39, 0.29) is 37.2 Å². The number of hydrogen-bond donors (Lipinski definition) is 1. The monoisotopic (exact) mass is 675 g/mol. The fraction of sp³-hybridized carbons (Fsp3) is 0.161. The van der Waals surface area contributed by atoms with Crippen LogP contribution < -0.4 is 0 Å². The molecule has 0 saturated carbocycles. The second-order valence-corrected chi connectivity index (χ2v) is 8.80. The number of carbonyl (C=O) groups is 1. The molecule has 0 atom stereocenters. The zero-order chi connectivity index (χ0) is 26.0. The number of halogens is 2. The third-order valence-corrected chi connectivity index (χ3v) is 6.19. The smallest absolute Gasteiger partial charge is 0.251 e. The summed E-state index contributed by atoms with van der Waals surface area (Å²) in [6.07, 6.45) is 0.354. The van der Waals surface area contributed by atoms with Gasteiger partial charge in [-0.3, -0.25) is 9.78 Å². The number of aromatic nitrogens is 1. The molecule has 0 aliphatic heterocycles. The molecule has 0 amide bonds. The van der Waals surface area contributed by atoms with Crippen molar-refractivity contribution in [3.8, 4) is 11.3 Å². The van der Waals surface area contributed by atoms with Crippen LogP contribution in [0, 0.1) is 19.9 Å². The van der Waals surface area contributed by atoms with E-state index in [1.54, 1.807) is 18.3 Å². The van der Waals surface area contributed by atoms with Gasteiger partial charge in [0.15, 0.2) is 5.78 Å². The van der Waals surface area contributed by atoms with Crippen molar-refractivity contribution in [1.29, 1.82) is 0 Å². The molecule has 6 heteroatoms. The van der Waals surface area contributed by atoms with Crippen molar-refractivity contribution in [2.75, 3.05) is 0 Å².